The van der Waals surface area contributed by atoms with Crippen molar-refractivity contribution in [3.05, 3.63) is 128 Å². The largest absolute Gasteiger partial charge is 0.495 e. The average Bonchev–Trinajstić information content (AvgIpc) is 3.89. The number of nitrogens with one attached hydrogen (secondary N) is 3. The molecule has 3 N–H and O–H groups in total. The molecule has 61 heavy (non-hydrogen) atoms. The number of amides is 1. The van der Waals surface area contributed by atoms with Gasteiger partial charge in [0.2, 0.25) is 5.91 Å². The van der Waals surface area contributed by atoms with Gasteiger partial charge in [-0.15, -0.1) is 0 Å². The molecule has 1 aliphatic heterocycles. The number of anilines is 1. The molecule has 1 saturated heterocycles. The standard InChI is InChI=1S/C20H22ClN5O2.C7H5ClN2.C7H6ClNO.C7H7N3.CH4.H2N2.H2/c1-14-3-4-15-12-22-26(20(15)23-14)13-19(27)25-9-7-24(8-10-25)16-5-6-17(21)18(11-16)28-2;1-5-2-3-6(4-9)7(8)10-5;1-5-2-3-6(4-10)7(8)9-5;1-5-2-3-6-4-8-10-7(6)9-5;;1-2;/h3-6,11-12H,7-10,13H2,1-2H3;2-3H,1H3;2-4H,1H3;2-4H,1H3,(H,8,9,10);1H4;1-2H;1H. The van der Waals surface area contributed by atoms with Gasteiger partial charge in [0.05, 0.1) is 35.7 Å². The summed E-state index contributed by atoms with van der Waals surface area (Å²) < 4.78 is 6.98. The second kappa shape index (κ2) is 23.9. The highest BCUT2D eigenvalue weighted by Crippen LogP contribution is 2.30. The van der Waals surface area contributed by atoms with E-state index in [2.05, 4.69) is 40.1 Å². The fraction of sp³-hybridized carbons (Fsp3) is 0.262. The summed E-state index contributed by atoms with van der Waals surface area (Å²) in [7, 11) is 1.61. The van der Waals surface area contributed by atoms with E-state index >= 15 is 0 Å². The number of aromatic nitrogens is 8. The van der Waals surface area contributed by atoms with Gasteiger partial charge < -0.3 is 14.5 Å². The zero-order chi connectivity index (χ0) is 43.8. The lowest BCUT2D eigenvalue weighted by atomic mass is 10.2. The van der Waals surface area contributed by atoms with Crippen molar-refractivity contribution in [3.63, 3.8) is 0 Å². The van der Waals surface area contributed by atoms with Crippen LogP contribution in [0.2, 0.25) is 15.3 Å². The Labute approximate surface area is 370 Å². The molecule has 0 spiro atoms. The van der Waals surface area contributed by atoms with E-state index < -0.39 is 0 Å². The van der Waals surface area contributed by atoms with Crippen LogP contribution in [0, 0.1) is 50.1 Å². The number of benzene rings is 1. The number of ether oxygens (including phenoxy) is 1. The summed E-state index contributed by atoms with van der Waals surface area (Å²) in [4.78, 5) is 43.6. The van der Waals surface area contributed by atoms with Gasteiger partial charge in [-0.25, -0.2) is 35.7 Å². The molecule has 16 nitrogen and oxygen atoms in total. The number of aldehydes is 1. The maximum atomic E-state index is 12.8. The molecule has 0 radical (unpaired) electrons. The van der Waals surface area contributed by atoms with Gasteiger partial charge in [-0.05, 0) is 88.4 Å². The molecule has 6 aromatic heterocycles. The number of aryl methyl sites for hydroxylation is 4. The number of carbonyl (C=O) groups is 2. The second-order valence-corrected chi connectivity index (χ2v) is 14.1. The maximum Gasteiger partial charge on any atom is 0.244 e. The molecule has 19 heteroatoms. The van der Waals surface area contributed by atoms with Crippen molar-refractivity contribution < 1.29 is 15.8 Å². The Bertz CT molecular complexity index is 2590. The van der Waals surface area contributed by atoms with Gasteiger partial charge in [0.15, 0.2) is 17.6 Å². The number of hydrogen-bond acceptors (Lipinski definition) is 13. The van der Waals surface area contributed by atoms with E-state index in [9.17, 15) is 9.59 Å². The third kappa shape index (κ3) is 13.8. The summed E-state index contributed by atoms with van der Waals surface area (Å²) in [5, 5.41) is 22.6. The van der Waals surface area contributed by atoms with Crippen LogP contribution in [0.5, 0.6) is 5.75 Å². The van der Waals surface area contributed by atoms with Crippen molar-refractivity contribution in [2.75, 3.05) is 38.2 Å². The first-order valence-corrected chi connectivity index (χ1v) is 19.3. The van der Waals surface area contributed by atoms with Crippen molar-refractivity contribution in [1.29, 1.82) is 16.3 Å². The minimum Gasteiger partial charge on any atom is -0.495 e. The summed E-state index contributed by atoms with van der Waals surface area (Å²) in [6.45, 7) is 10.6. The van der Waals surface area contributed by atoms with Crippen LogP contribution in [0.1, 0.15) is 47.6 Å². The van der Waals surface area contributed by atoms with Crippen LogP contribution in [-0.2, 0) is 11.3 Å². The zero-order valence-corrected chi connectivity index (χ0v) is 35.7. The SMILES string of the molecule is C.COc1cc(N2CCN(C(=O)Cn3ncc4ccc(C)nc43)CC2)ccc1Cl.Cc1ccc(C#N)c(Cl)n1.Cc1ccc(C=O)c(Cl)n1.Cc1ccc2cn[nH]c2n1.N=N.[HH]. The molecule has 7 aromatic rings. The Balaban J connectivity index is 0.000000320. The number of carbonyl (C=O) groups excluding carboxylic acids is 2. The number of piperazine rings is 1. The number of H-pyrrole nitrogens is 1. The zero-order valence-electron chi connectivity index (χ0n) is 33.4. The molecule has 1 aromatic carbocycles. The molecule has 0 saturated carbocycles. The summed E-state index contributed by atoms with van der Waals surface area (Å²) in [6.07, 6.45) is 4.21. The Morgan fingerprint density at radius 3 is 2.07 bits per heavy atom. The number of rotatable bonds is 5. The van der Waals surface area contributed by atoms with Gasteiger partial charge in [0.25, 0.3) is 0 Å². The molecule has 0 unspecified atom stereocenters. The van der Waals surface area contributed by atoms with Gasteiger partial charge in [0.1, 0.15) is 28.7 Å². The molecule has 0 aliphatic carbocycles. The van der Waals surface area contributed by atoms with Gasteiger partial charge in [-0.3, -0.25) is 14.7 Å². The van der Waals surface area contributed by atoms with E-state index in [0.717, 1.165) is 63.6 Å². The lowest BCUT2D eigenvalue weighted by molar-refractivity contribution is -0.132. The highest BCUT2D eigenvalue weighted by Gasteiger charge is 2.23. The van der Waals surface area contributed by atoms with Crippen LogP contribution in [0.15, 0.2) is 79.1 Å². The maximum absolute atomic E-state index is 12.8. The van der Waals surface area contributed by atoms with E-state index in [0.29, 0.717) is 41.3 Å². The predicted molar refractivity (Wildman–Crippen MR) is 240 cm³/mol. The first-order valence-electron chi connectivity index (χ1n) is 18.2. The molecule has 1 amide bonds. The van der Waals surface area contributed by atoms with Gasteiger partial charge >= 0.3 is 0 Å². The number of halogens is 3. The van der Waals surface area contributed by atoms with Crippen LogP contribution in [0.25, 0.3) is 22.1 Å². The molecular weight excluding hydrogens is 841 g/mol. The summed E-state index contributed by atoms with van der Waals surface area (Å²) in [5.41, 5.74) is 17.1. The van der Waals surface area contributed by atoms with Gasteiger partial charge in [-0.2, -0.15) is 15.5 Å². The predicted octanol–water partition coefficient (Wildman–Crippen LogP) is 9.27. The van der Waals surface area contributed by atoms with Crippen molar-refractivity contribution in [1.82, 2.24) is 44.8 Å². The summed E-state index contributed by atoms with van der Waals surface area (Å²) >= 11 is 17.3. The van der Waals surface area contributed by atoms with Gasteiger partial charge in [0, 0.05) is 72.9 Å². The van der Waals surface area contributed by atoms with Gasteiger partial charge in [-0.1, -0.05) is 42.2 Å². The van der Waals surface area contributed by atoms with Crippen LogP contribution in [-0.4, -0.2) is 90.3 Å². The Kier molecular flexibility index (Phi) is 19.1. The molecule has 8 rings (SSSR count). The topological polar surface area (TPSA) is 219 Å². The molecule has 0 bridgehead atoms. The van der Waals surface area contributed by atoms with E-state index in [4.69, 9.17) is 55.9 Å². The first kappa shape index (κ1) is 48.8. The molecule has 1 aliphatic rings. The fourth-order valence-corrected chi connectivity index (χ4v) is 6.28. The van der Waals surface area contributed by atoms with E-state index in [1.54, 1.807) is 48.5 Å². The lowest BCUT2D eigenvalue weighted by Crippen LogP contribution is -2.49. The number of aromatic amines is 1. The van der Waals surface area contributed by atoms with Crippen molar-refractivity contribution in [2.24, 2.45) is 0 Å². The molecule has 0 atom stereocenters. The third-order valence-corrected chi connectivity index (χ3v) is 9.64. The minimum atomic E-state index is 0. The molecule has 1 fully saturated rings. The van der Waals surface area contributed by atoms with E-state index in [1.807, 2.05) is 81.1 Å². The van der Waals surface area contributed by atoms with E-state index in [-0.39, 0.29) is 31.6 Å². The van der Waals surface area contributed by atoms with E-state index in [1.165, 1.54) is 0 Å². The quantitative estimate of drug-likeness (QED) is 0.0840. The normalized spacial score (nSPS) is 11.5. The van der Waals surface area contributed by atoms with Crippen LogP contribution < -0.4 is 9.64 Å². The monoisotopic (exact) mass is 887 g/mol. The minimum absolute atomic E-state index is 0. The summed E-state index contributed by atoms with van der Waals surface area (Å²) in [6, 6.07) is 22.4. The third-order valence-electron chi connectivity index (χ3n) is 8.73. The number of fused-ring (bicyclic) bond motifs is 2. The number of hydrogen-bond donors (Lipinski definition) is 3. The number of methoxy groups -OCH3 is 1. The Morgan fingerprint density at radius 1 is 0.836 bits per heavy atom. The fourth-order valence-electron chi connectivity index (χ4n) is 5.61. The number of nitriles is 1. The van der Waals surface area contributed by atoms with Crippen molar-refractivity contribution in [3.8, 4) is 11.8 Å². The van der Waals surface area contributed by atoms with Crippen LogP contribution in [0.3, 0.4) is 0 Å². The highest BCUT2D eigenvalue weighted by atomic mass is 35.5. The number of nitrogens with zero attached hydrogens (tertiary/aromatic N) is 10. The number of pyridine rings is 4. The first-order chi connectivity index (χ1) is 28.9. The lowest BCUT2D eigenvalue weighted by Gasteiger charge is -2.36. The second-order valence-electron chi connectivity index (χ2n) is 13.0. The van der Waals surface area contributed by atoms with Crippen LogP contribution >= 0.6 is 34.8 Å². The summed E-state index contributed by atoms with van der Waals surface area (Å²) in [5.74, 6) is 0.715. The Hall–Kier alpha value is -6.54. The Morgan fingerprint density at radius 2 is 1.44 bits per heavy atom. The van der Waals surface area contributed by atoms with Crippen molar-refractivity contribution >= 4 is 74.8 Å². The molecule has 320 valence electrons. The molecule has 7 heterocycles. The smallest absolute Gasteiger partial charge is 0.244 e. The van der Waals surface area contributed by atoms with Crippen LogP contribution in [0.4, 0.5) is 5.69 Å². The average molecular weight is 889 g/mol. The molecular formula is C42H48Cl3N13O3. The highest BCUT2D eigenvalue weighted by molar-refractivity contribution is 6.32. The van der Waals surface area contributed by atoms with Crippen molar-refractivity contribution in [2.45, 2.75) is 41.7 Å².